The molecule has 0 unspecified atom stereocenters. The second-order valence-corrected chi connectivity index (χ2v) is 5.90. The highest BCUT2D eigenvalue weighted by Crippen LogP contribution is 2.42. The number of rotatable bonds is 4. The summed E-state index contributed by atoms with van der Waals surface area (Å²) in [6.07, 6.45) is 1.51. The molecule has 3 rings (SSSR count). The molecule has 2 fully saturated rings. The van der Waals surface area contributed by atoms with Crippen LogP contribution in [0.3, 0.4) is 0 Å². The minimum Gasteiger partial charge on any atom is -0.444 e. The summed E-state index contributed by atoms with van der Waals surface area (Å²) in [5.41, 5.74) is 0. The van der Waals surface area contributed by atoms with Gasteiger partial charge in [-0.3, -0.25) is 0 Å². The summed E-state index contributed by atoms with van der Waals surface area (Å²) >= 11 is 0. The molecule has 1 N–H and O–H groups in total. The summed E-state index contributed by atoms with van der Waals surface area (Å²) in [5.74, 6) is 0.344. The number of aromatic nitrogens is 1. The Labute approximate surface area is 115 Å². The van der Waals surface area contributed by atoms with E-state index in [0.717, 1.165) is 5.76 Å². The molecule has 6 heteroatoms. The van der Waals surface area contributed by atoms with E-state index in [1.165, 1.54) is 12.8 Å². The van der Waals surface area contributed by atoms with Crippen molar-refractivity contribution in [3.05, 3.63) is 17.8 Å². The zero-order valence-electron chi connectivity index (χ0n) is 11.2. The van der Waals surface area contributed by atoms with Gasteiger partial charge in [0.2, 0.25) is 5.89 Å². The number of nitrogens with one attached hydrogen (secondary N) is 1. The van der Waals surface area contributed by atoms with E-state index >= 15 is 0 Å². The average molecular weight is 288 g/mol. The van der Waals surface area contributed by atoms with Crippen molar-refractivity contribution in [3.63, 3.8) is 0 Å². The van der Waals surface area contributed by atoms with Crippen LogP contribution in [0.1, 0.15) is 56.1 Å². The molecule has 3 nitrogen and oxygen atoms in total. The third kappa shape index (κ3) is 3.34. The molecule has 0 bridgehead atoms. The van der Waals surface area contributed by atoms with Crippen molar-refractivity contribution in [2.45, 2.75) is 63.2 Å². The molecule has 0 aliphatic heterocycles. The molecule has 112 valence electrons. The molecule has 2 aliphatic rings. The maximum atomic E-state index is 12.6. The number of halogens is 3. The zero-order valence-corrected chi connectivity index (χ0v) is 11.2. The monoisotopic (exact) mass is 288 g/mol. The van der Waals surface area contributed by atoms with E-state index in [1.807, 2.05) is 0 Å². The number of oxazole rings is 1. The predicted molar refractivity (Wildman–Crippen MR) is 67.1 cm³/mol. The summed E-state index contributed by atoms with van der Waals surface area (Å²) in [7, 11) is 0. The van der Waals surface area contributed by atoms with Crippen LogP contribution in [0, 0.1) is 5.92 Å². The van der Waals surface area contributed by atoms with Gasteiger partial charge < -0.3 is 9.73 Å². The highest BCUT2D eigenvalue weighted by Gasteiger charge is 2.42. The van der Waals surface area contributed by atoms with Crippen LogP contribution in [0.5, 0.6) is 0 Å². The standard InChI is InChI=1S/C14H19F3N2O/c15-14(16,17)10-3-1-9(2-4-10)12-7-19-13(20-12)8-18-11-5-6-11/h7,9-11,18H,1-6,8H2. The highest BCUT2D eigenvalue weighted by atomic mass is 19.4. The lowest BCUT2D eigenvalue weighted by molar-refractivity contribution is -0.182. The maximum absolute atomic E-state index is 12.6. The molecule has 1 aromatic heterocycles. The van der Waals surface area contributed by atoms with Gasteiger partial charge in [0.1, 0.15) is 5.76 Å². The SMILES string of the molecule is FC(F)(F)C1CCC(c2cnc(CNC3CC3)o2)CC1. The molecule has 0 atom stereocenters. The highest BCUT2D eigenvalue weighted by molar-refractivity contribution is 5.04. The summed E-state index contributed by atoms with van der Waals surface area (Å²) in [5, 5.41) is 3.31. The minimum absolute atomic E-state index is 0.0933. The van der Waals surface area contributed by atoms with Crippen LogP contribution in [0.4, 0.5) is 13.2 Å². The molecule has 0 radical (unpaired) electrons. The maximum Gasteiger partial charge on any atom is 0.391 e. The number of nitrogens with zero attached hydrogens (tertiary/aromatic N) is 1. The second kappa shape index (κ2) is 5.39. The van der Waals surface area contributed by atoms with Gasteiger partial charge in [-0.05, 0) is 38.5 Å². The molecule has 1 heterocycles. The summed E-state index contributed by atoms with van der Waals surface area (Å²) in [4.78, 5) is 4.21. The van der Waals surface area contributed by atoms with Crippen LogP contribution < -0.4 is 5.32 Å². The van der Waals surface area contributed by atoms with Gasteiger partial charge in [0.25, 0.3) is 0 Å². The van der Waals surface area contributed by atoms with Gasteiger partial charge in [0.05, 0.1) is 18.7 Å². The average Bonchev–Trinajstić information content (AvgIpc) is 3.13. The van der Waals surface area contributed by atoms with Crippen molar-refractivity contribution in [2.24, 2.45) is 5.92 Å². The Kier molecular flexibility index (Phi) is 3.75. The Bertz CT molecular complexity index is 446. The van der Waals surface area contributed by atoms with Crippen molar-refractivity contribution < 1.29 is 17.6 Å². The minimum atomic E-state index is -4.05. The van der Waals surface area contributed by atoms with Crippen molar-refractivity contribution in [3.8, 4) is 0 Å². The Balaban J connectivity index is 1.52. The Morgan fingerprint density at radius 2 is 1.85 bits per heavy atom. The molecular formula is C14H19F3N2O. The van der Waals surface area contributed by atoms with E-state index in [0.29, 0.717) is 31.3 Å². The molecule has 0 saturated heterocycles. The Hall–Kier alpha value is -1.04. The van der Waals surface area contributed by atoms with Crippen LogP contribution >= 0.6 is 0 Å². The van der Waals surface area contributed by atoms with Crippen molar-refractivity contribution in [1.29, 1.82) is 0 Å². The van der Waals surface area contributed by atoms with Gasteiger partial charge in [-0.25, -0.2) is 4.98 Å². The quantitative estimate of drug-likeness (QED) is 0.916. The Morgan fingerprint density at radius 3 is 2.45 bits per heavy atom. The van der Waals surface area contributed by atoms with E-state index in [-0.39, 0.29) is 18.8 Å². The normalized spacial score (nSPS) is 27.8. The lowest BCUT2D eigenvalue weighted by atomic mass is 9.81. The van der Waals surface area contributed by atoms with E-state index < -0.39 is 12.1 Å². The fraction of sp³-hybridized carbons (Fsp3) is 0.786. The number of hydrogen-bond acceptors (Lipinski definition) is 3. The molecule has 2 saturated carbocycles. The van der Waals surface area contributed by atoms with Gasteiger partial charge >= 0.3 is 6.18 Å². The van der Waals surface area contributed by atoms with Gasteiger partial charge in [0, 0.05) is 12.0 Å². The van der Waals surface area contributed by atoms with E-state index in [1.54, 1.807) is 6.20 Å². The van der Waals surface area contributed by atoms with Gasteiger partial charge in [-0.2, -0.15) is 13.2 Å². The van der Waals surface area contributed by atoms with Gasteiger partial charge in [0.15, 0.2) is 0 Å². The molecule has 1 aromatic rings. The molecule has 0 spiro atoms. The first-order chi connectivity index (χ1) is 9.52. The van der Waals surface area contributed by atoms with E-state index in [9.17, 15) is 13.2 Å². The molecule has 20 heavy (non-hydrogen) atoms. The van der Waals surface area contributed by atoms with Crippen molar-refractivity contribution in [1.82, 2.24) is 10.3 Å². The fourth-order valence-electron chi connectivity index (χ4n) is 2.82. The third-order valence-corrected chi connectivity index (χ3v) is 4.28. The molecule has 0 aromatic carbocycles. The van der Waals surface area contributed by atoms with Crippen LogP contribution in [-0.2, 0) is 6.54 Å². The van der Waals surface area contributed by atoms with Crippen molar-refractivity contribution in [2.75, 3.05) is 0 Å². The molecule has 0 amide bonds. The van der Waals surface area contributed by atoms with Gasteiger partial charge in [-0.1, -0.05) is 0 Å². The first-order valence-corrected chi connectivity index (χ1v) is 7.27. The predicted octanol–water partition coefficient (Wildman–Crippen LogP) is 3.76. The van der Waals surface area contributed by atoms with Crippen LogP contribution in [0.25, 0.3) is 0 Å². The first kappa shape index (κ1) is 13.9. The van der Waals surface area contributed by atoms with Crippen LogP contribution in [-0.4, -0.2) is 17.2 Å². The summed E-state index contributed by atoms with van der Waals surface area (Å²) in [6, 6.07) is 0.590. The lowest BCUT2D eigenvalue weighted by Gasteiger charge is -2.28. The Morgan fingerprint density at radius 1 is 1.15 bits per heavy atom. The van der Waals surface area contributed by atoms with Gasteiger partial charge in [-0.15, -0.1) is 0 Å². The van der Waals surface area contributed by atoms with Crippen LogP contribution in [0.15, 0.2) is 10.6 Å². The summed E-state index contributed by atoms with van der Waals surface area (Å²) in [6.45, 7) is 0.614. The summed E-state index contributed by atoms with van der Waals surface area (Å²) < 4.78 is 43.5. The molecular weight excluding hydrogens is 269 g/mol. The number of alkyl halides is 3. The smallest absolute Gasteiger partial charge is 0.391 e. The topological polar surface area (TPSA) is 38.1 Å². The van der Waals surface area contributed by atoms with Crippen LogP contribution in [0.2, 0.25) is 0 Å². The lowest BCUT2D eigenvalue weighted by Crippen LogP contribution is -2.27. The number of hydrogen-bond donors (Lipinski definition) is 1. The third-order valence-electron chi connectivity index (χ3n) is 4.28. The second-order valence-electron chi connectivity index (χ2n) is 5.90. The van der Waals surface area contributed by atoms with Crippen molar-refractivity contribution >= 4 is 0 Å². The van der Waals surface area contributed by atoms with E-state index in [2.05, 4.69) is 10.3 Å². The fourth-order valence-corrected chi connectivity index (χ4v) is 2.82. The largest absolute Gasteiger partial charge is 0.444 e. The first-order valence-electron chi connectivity index (χ1n) is 7.27. The zero-order chi connectivity index (χ0) is 14.2. The molecule has 2 aliphatic carbocycles. The van der Waals surface area contributed by atoms with E-state index in [4.69, 9.17) is 4.42 Å².